The SMILES string of the molecule is CC(N[C@@H](C)c1ccccc1Br)C(=O)N1CCCCC1. The molecule has 2 rings (SSSR count). The van der Waals surface area contributed by atoms with Gasteiger partial charge in [-0.3, -0.25) is 10.1 Å². The number of halogens is 1. The largest absolute Gasteiger partial charge is 0.341 e. The van der Waals surface area contributed by atoms with Gasteiger partial charge in [-0.1, -0.05) is 34.1 Å². The number of carbonyl (C=O) groups is 1. The van der Waals surface area contributed by atoms with E-state index in [1.165, 1.54) is 12.0 Å². The number of likely N-dealkylation sites (tertiary alicyclic amines) is 1. The van der Waals surface area contributed by atoms with Gasteiger partial charge in [0.25, 0.3) is 0 Å². The number of carbonyl (C=O) groups excluding carboxylic acids is 1. The average molecular weight is 339 g/mol. The van der Waals surface area contributed by atoms with E-state index in [0.29, 0.717) is 0 Å². The number of rotatable bonds is 4. The monoisotopic (exact) mass is 338 g/mol. The Labute approximate surface area is 129 Å². The van der Waals surface area contributed by atoms with Gasteiger partial charge in [0.15, 0.2) is 0 Å². The van der Waals surface area contributed by atoms with Crippen LogP contribution in [0.2, 0.25) is 0 Å². The van der Waals surface area contributed by atoms with Crippen molar-refractivity contribution < 1.29 is 4.79 Å². The summed E-state index contributed by atoms with van der Waals surface area (Å²) < 4.78 is 1.08. The van der Waals surface area contributed by atoms with Gasteiger partial charge in [-0.15, -0.1) is 0 Å². The molecule has 4 heteroatoms. The Bertz CT molecular complexity index is 458. The lowest BCUT2D eigenvalue weighted by Gasteiger charge is -2.30. The number of benzene rings is 1. The van der Waals surface area contributed by atoms with Crippen molar-refractivity contribution in [2.24, 2.45) is 0 Å². The molecule has 1 N–H and O–H groups in total. The van der Waals surface area contributed by atoms with Crippen LogP contribution in [0.5, 0.6) is 0 Å². The average Bonchev–Trinajstić information content (AvgIpc) is 2.47. The van der Waals surface area contributed by atoms with Gasteiger partial charge in [0.1, 0.15) is 0 Å². The molecule has 0 bridgehead atoms. The summed E-state index contributed by atoms with van der Waals surface area (Å²) in [6.07, 6.45) is 3.52. The minimum absolute atomic E-state index is 0.143. The van der Waals surface area contributed by atoms with Crippen molar-refractivity contribution in [1.29, 1.82) is 0 Å². The minimum Gasteiger partial charge on any atom is -0.341 e. The van der Waals surface area contributed by atoms with E-state index in [1.807, 2.05) is 30.0 Å². The summed E-state index contributed by atoms with van der Waals surface area (Å²) in [5.74, 6) is 0.226. The number of hydrogen-bond donors (Lipinski definition) is 1. The van der Waals surface area contributed by atoms with Gasteiger partial charge in [0, 0.05) is 23.6 Å². The molecule has 1 aliphatic rings. The standard InChI is InChI=1S/C16H23BrN2O/c1-12(14-8-4-5-9-15(14)17)18-13(2)16(20)19-10-6-3-7-11-19/h4-5,8-9,12-13,18H,3,6-7,10-11H2,1-2H3/t12-,13?/m0/s1. The summed E-state index contributed by atoms with van der Waals surface area (Å²) in [7, 11) is 0. The first-order valence-electron chi connectivity index (χ1n) is 7.39. The maximum atomic E-state index is 12.4. The zero-order valence-corrected chi connectivity index (χ0v) is 13.8. The fourth-order valence-corrected chi connectivity index (χ4v) is 3.38. The Kier molecular flexibility index (Phi) is 5.61. The van der Waals surface area contributed by atoms with Crippen LogP contribution >= 0.6 is 15.9 Å². The molecule has 1 fully saturated rings. The van der Waals surface area contributed by atoms with E-state index in [4.69, 9.17) is 0 Å². The first-order chi connectivity index (χ1) is 9.59. The van der Waals surface area contributed by atoms with Crippen LogP contribution in [0.4, 0.5) is 0 Å². The van der Waals surface area contributed by atoms with Crippen LogP contribution in [0.25, 0.3) is 0 Å². The fourth-order valence-electron chi connectivity index (χ4n) is 2.75. The first-order valence-corrected chi connectivity index (χ1v) is 8.18. The molecule has 1 saturated heterocycles. The Hall–Kier alpha value is -0.870. The predicted molar refractivity (Wildman–Crippen MR) is 85.6 cm³/mol. The van der Waals surface area contributed by atoms with Gasteiger partial charge in [-0.2, -0.15) is 0 Å². The molecule has 1 aromatic rings. The lowest BCUT2D eigenvalue weighted by atomic mass is 10.1. The van der Waals surface area contributed by atoms with E-state index < -0.39 is 0 Å². The second kappa shape index (κ2) is 7.23. The predicted octanol–water partition coefficient (Wildman–Crippen LogP) is 3.50. The van der Waals surface area contributed by atoms with Crippen LogP contribution in [-0.2, 0) is 4.79 Å². The Morgan fingerprint density at radius 2 is 1.85 bits per heavy atom. The van der Waals surface area contributed by atoms with Crippen LogP contribution in [0.1, 0.15) is 44.7 Å². The van der Waals surface area contributed by atoms with E-state index in [9.17, 15) is 4.79 Å². The van der Waals surface area contributed by atoms with Crippen LogP contribution in [0, 0.1) is 0 Å². The number of amides is 1. The molecule has 1 unspecified atom stereocenters. The number of piperidine rings is 1. The van der Waals surface area contributed by atoms with E-state index in [2.05, 4.69) is 34.2 Å². The third kappa shape index (κ3) is 3.83. The molecule has 2 atom stereocenters. The molecule has 0 spiro atoms. The normalized spacial score (nSPS) is 18.6. The topological polar surface area (TPSA) is 32.3 Å². The Morgan fingerprint density at radius 3 is 2.50 bits per heavy atom. The van der Waals surface area contributed by atoms with Gasteiger partial charge < -0.3 is 4.90 Å². The van der Waals surface area contributed by atoms with Crippen LogP contribution in [-0.4, -0.2) is 29.9 Å². The van der Waals surface area contributed by atoms with Gasteiger partial charge >= 0.3 is 0 Å². The Balaban J connectivity index is 1.95. The zero-order chi connectivity index (χ0) is 14.5. The van der Waals surface area contributed by atoms with Crippen molar-refractivity contribution in [3.63, 3.8) is 0 Å². The van der Waals surface area contributed by atoms with E-state index in [1.54, 1.807) is 0 Å². The van der Waals surface area contributed by atoms with Crippen LogP contribution < -0.4 is 5.32 Å². The van der Waals surface area contributed by atoms with Crippen molar-refractivity contribution in [2.45, 2.75) is 45.2 Å². The summed E-state index contributed by atoms with van der Waals surface area (Å²) in [6.45, 7) is 5.88. The highest BCUT2D eigenvalue weighted by atomic mass is 79.9. The Morgan fingerprint density at radius 1 is 1.20 bits per heavy atom. The lowest BCUT2D eigenvalue weighted by molar-refractivity contribution is -0.134. The molecule has 1 amide bonds. The molecule has 110 valence electrons. The second-order valence-corrected chi connectivity index (χ2v) is 6.37. The molecule has 0 radical (unpaired) electrons. The van der Waals surface area contributed by atoms with Gasteiger partial charge in [0.05, 0.1) is 6.04 Å². The molecule has 1 heterocycles. The molecule has 20 heavy (non-hydrogen) atoms. The third-order valence-corrected chi connectivity index (χ3v) is 4.63. The maximum absolute atomic E-state index is 12.4. The summed E-state index contributed by atoms with van der Waals surface area (Å²) in [5.41, 5.74) is 1.19. The van der Waals surface area contributed by atoms with Gasteiger partial charge in [-0.05, 0) is 44.7 Å². The quantitative estimate of drug-likeness (QED) is 0.911. The highest BCUT2D eigenvalue weighted by Crippen LogP contribution is 2.23. The van der Waals surface area contributed by atoms with Crippen molar-refractivity contribution >= 4 is 21.8 Å². The molecule has 0 aliphatic carbocycles. The van der Waals surface area contributed by atoms with E-state index >= 15 is 0 Å². The summed E-state index contributed by atoms with van der Waals surface area (Å²) in [5, 5.41) is 3.41. The first kappa shape index (κ1) is 15.5. The van der Waals surface area contributed by atoms with Crippen molar-refractivity contribution in [3.05, 3.63) is 34.3 Å². The summed E-state index contributed by atoms with van der Waals surface area (Å²) >= 11 is 3.57. The van der Waals surface area contributed by atoms with Gasteiger partial charge in [-0.25, -0.2) is 0 Å². The number of hydrogen-bond acceptors (Lipinski definition) is 2. The number of nitrogens with one attached hydrogen (secondary N) is 1. The van der Waals surface area contributed by atoms with Gasteiger partial charge in [0.2, 0.25) is 5.91 Å². The molecule has 0 aromatic heterocycles. The fraction of sp³-hybridized carbons (Fsp3) is 0.562. The zero-order valence-electron chi connectivity index (χ0n) is 12.2. The van der Waals surface area contributed by atoms with E-state index in [-0.39, 0.29) is 18.0 Å². The smallest absolute Gasteiger partial charge is 0.239 e. The highest BCUT2D eigenvalue weighted by Gasteiger charge is 2.23. The minimum atomic E-state index is -0.143. The molecule has 3 nitrogen and oxygen atoms in total. The second-order valence-electron chi connectivity index (χ2n) is 5.52. The lowest BCUT2D eigenvalue weighted by Crippen LogP contribution is -2.47. The van der Waals surface area contributed by atoms with Crippen LogP contribution in [0.3, 0.4) is 0 Å². The third-order valence-electron chi connectivity index (χ3n) is 3.91. The molecule has 1 aliphatic heterocycles. The molecule has 1 aromatic carbocycles. The summed E-state index contributed by atoms with van der Waals surface area (Å²) in [6, 6.07) is 8.15. The van der Waals surface area contributed by atoms with Crippen molar-refractivity contribution in [3.8, 4) is 0 Å². The molecule has 0 saturated carbocycles. The number of nitrogens with zero attached hydrogens (tertiary/aromatic N) is 1. The summed E-state index contributed by atoms with van der Waals surface area (Å²) in [4.78, 5) is 14.4. The molecular formula is C16H23BrN2O. The highest BCUT2D eigenvalue weighted by molar-refractivity contribution is 9.10. The van der Waals surface area contributed by atoms with E-state index in [0.717, 1.165) is 30.4 Å². The van der Waals surface area contributed by atoms with Crippen molar-refractivity contribution in [2.75, 3.05) is 13.1 Å². The molecular weight excluding hydrogens is 316 g/mol. The van der Waals surface area contributed by atoms with Crippen LogP contribution in [0.15, 0.2) is 28.7 Å². The maximum Gasteiger partial charge on any atom is 0.239 e. The van der Waals surface area contributed by atoms with Crippen molar-refractivity contribution in [1.82, 2.24) is 10.2 Å².